The Balaban J connectivity index is 1.62. The first kappa shape index (κ1) is 16.2. The summed E-state index contributed by atoms with van der Waals surface area (Å²) in [6.45, 7) is 7.64. The smallest absolute Gasteiger partial charge is 0.123 e. The van der Waals surface area contributed by atoms with Gasteiger partial charge in [-0.1, -0.05) is 18.2 Å². The van der Waals surface area contributed by atoms with Crippen LogP contribution in [-0.2, 0) is 6.54 Å². The van der Waals surface area contributed by atoms with E-state index in [9.17, 15) is 0 Å². The summed E-state index contributed by atoms with van der Waals surface area (Å²) in [6.07, 6.45) is 1.03. The lowest BCUT2D eigenvalue weighted by atomic mass is 10.2. The highest BCUT2D eigenvalue weighted by molar-refractivity contribution is 5.32. The molecule has 5 nitrogen and oxygen atoms in total. The molecule has 21 heavy (non-hydrogen) atoms. The molecule has 0 unspecified atom stereocenters. The van der Waals surface area contributed by atoms with Crippen molar-refractivity contribution in [2.24, 2.45) is 5.73 Å². The number of aliphatic hydroxyl groups excluding tert-OH is 1. The van der Waals surface area contributed by atoms with Crippen LogP contribution in [0.25, 0.3) is 0 Å². The lowest BCUT2D eigenvalue weighted by molar-refractivity contribution is 0.108. The Morgan fingerprint density at radius 2 is 1.71 bits per heavy atom. The van der Waals surface area contributed by atoms with Gasteiger partial charge in [-0.05, 0) is 12.5 Å². The molecule has 0 amide bonds. The molecule has 1 aromatic carbocycles. The molecule has 1 aliphatic heterocycles. The second-order valence-corrected chi connectivity index (χ2v) is 5.42. The molecule has 3 N–H and O–H groups in total. The van der Waals surface area contributed by atoms with E-state index in [4.69, 9.17) is 15.6 Å². The van der Waals surface area contributed by atoms with Gasteiger partial charge in [0.05, 0.1) is 13.2 Å². The lowest BCUT2D eigenvalue weighted by Gasteiger charge is -2.34. The van der Waals surface area contributed by atoms with Gasteiger partial charge in [0, 0.05) is 51.4 Å². The van der Waals surface area contributed by atoms with Gasteiger partial charge >= 0.3 is 0 Å². The van der Waals surface area contributed by atoms with E-state index < -0.39 is 0 Å². The fraction of sp³-hybridized carbons (Fsp3) is 0.625. The molecule has 0 atom stereocenters. The number of β-amino-alcohol motifs (C(OH)–C–C–N with tert-alkyl or cyclic N) is 1. The SMILES string of the molecule is NCc1ccccc1OCCCN1CCN(CCO)CC1. The molecule has 1 saturated heterocycles. The van der Waals surface area contributed by atoms with Crippen molar-refractivity contribution in [2.45, 2.75) is 13.0 Å². The number of rotatable bonds is 8. The van der Waals surface area contributed by atoms with E-state index in [2.05, 4.69) is 9.80 Å². The second kappa shape index (κ2) is 9.00. The Morgan fingerprint density at radius 1 is 1.05 bits per heavy atom. The number of nitrogens with two attached hydrogens (primary N) is 1. The van der Waals surface area contributed by atoms with Gasteiger partial charge in [0.2, 0.25) is 0 Å². The fourth-order valence-electron chi connectivity index (χ4n) is 2.66. The van der Waals surface area contributed by atoms with Crippen molar-refractivity contribution in [3.63, 3.8) is 0 Å². The number of ether oxygens (including phenoxy) is 1. The number of aliphatic hydroxyl groups is 1. The zero-order valence-electron chi connectivity index (χ0n) is 12.7. The predicted octanol–water partition coefficient (Wildman–Crippen LogP) is 0.524. The summed E-state index contributed by atoms with van der Waals surface area (Å²) in [4.78, 5) is 4.77. The molecule has 1 aliphatic rings. The van der Waals surface area contributed by atoms with Crippen LogP contribution in [0.4, 0.5) is 0 Å². The first-order valence-electron chi connectivity index (χ1n) is 7.80. The molecule has 1 fully saturated rings. The first-order chi connectivity index (χ1) is 10.3. The number of hydrogen-bond acceptors (Lipinski definition) is 5. The highest BCUT2D eigenvalue weighted by Crippen LogP contribution is 2.17. The number of para-hydroxylation sites is 1. The molecule has 0 bridgehead atoms. The summed E-state index contributed by atoms with van der Waals surface area (Å²) in [5.41, 5.74) is 6.76. The van der Waals surface area contributed by atoms with Gasteiger partial charge < -0.3 is 20.5 Å². The Bertz CT molecular complexity index is 406. The van der Waals surface area contributed by atoms with E-state index in [1.165, 1.54) is 0 Å². The molecule has 2 rings (SSSR count). The van der Waals surface area contributed by atoms with Gasteiger partial charge in [-0.25, -0.2) is 0 Å². The highest BCUT2D eigenvalue weighted by Gasteiger charge is 2.15. The zero-order valence-corrected chi connectivity index (χ0v) is 12.7. The van der Waals surface area contributed by atoms with Crippen LogP contribution in [0.1, 0.15) is 12.0 Å². The van der Waals surface area contributed by atoms with Crippen LogP contribution in [0.3, 0.4) is 0 Å². The van der Waals surface area contributed by atoms with Gasteiger partial charge in [-0.3, -0.25) is 4.90 Å². The summed E-state index contributed by atoms with van der Waals surface area (Å²) in [7, 11) is 0. The van der Waals surface area contributed by atoms with Crippen molar-refractivity contribution in [2.75, 3.05) is 52.5 Å². The van der Waals surface area contributed by atoms with Crippen LogP contribution in [0.5, 0.6) is 5.75 Å². The molecule has 0 aliphatic carbocycles. The molecule has 0 spiro atoms. The van der Waals surface area contributed by atoms with E-state index in [1.54, 1.807) is 0 Å². The van der Waals surface area contributed by atoms with Crippen molar-refractivity contribution in [3.8, 4) is 5.75 Å². The summed E-state index contributed by atoms with van der Waals surface area (Å²) in [5.74, 6) is 0.910. The van der Waals surface area contributed by atoms with Gasteiger partial charge in [0.15, 0.2) is 0 Å². The zero-order chi connectivity index (χ0) is 14.9. The predicted molar refractivity (Wildman–Crippen MR) is 84.4 cm³/mol. The molecular weight excluding hydrogens is 266 g/mol. The van der Waals surface area contributed by atoms with Crippen molar-refractivity contribution >= 4 is 0 Å². The number of benzene rings is 1. The summed E-state index contributed by atoms with van der Waals surface area (Å²) in [5, 5.41) is 8.93. The topological polar surface area (TPSA) is 62.0 Å². The van der Waals surface area contributed by atoms with Crippen molar-refractivity contribution in [1.29, 1.82) is 0 Å². The van der Waals surface area contributed by atoms with E-state index in [0.717, 1.165) is 63.6 Å². The molecule has 1 heterocycles. The summed E-state index contributed by atoms with van der Waals surface area (Å²) >= 11 is 0. The van der Waals surface area contributed by atoms with Gasteiger partial charge in [0.1, 0.15) is 5.75 Å². The van der Waals surface area contributed by atoms with Crippen molar-refractivity contribution in [3.05, 3.63) is 29.8 Å². The average Bonchev–Trinajstić information content (AvgIpc) is 2.54. The van der Waals surface area contributed by atoms with Crippen LogP contribution in [0.2, 0.25) is 0 Å². The minimum atomic E-state index is 0.258. The summed E-state index contributed by atoms with van der Waals surface area (Å²) in [6, 6.07) is 7.96. The highest BCUT2D eigenvalue weighted by atomic mass is 16.5. The average molecular weight is 293 g/mol. The minimum Gasteiger partial charge on any atom is -0.493 e. The van der Waals surface area contributed by atoms with Gasteiger partial charge in [-0.2, -0.15) is 0 Å². The Morgan fingerprint density at radius 3 is 2.38 bits per heavy atom. The van der Waals surface area contributed by atoms with Crippen LogP contribution in [0, 0.1) is 0 Å². The van der Waals surface area contributed by atoms with E-state index in [-0.39, 0.29) is 6.61 Å². The van der Waals surface area contributed by atoms with Crippen LogP contribution >= 0.6 is 0 Å². The number of nitrogens with zero attached hydrogens (tertiary/aromatic N) is 2. The van der Waals surface area contributed by atoms with E-state index in [1.807, 2.05) is 24.3 Å². The Labute approximate surface area is 127 Å². The first-order valence-corrected chi connectivity index (χ1v) is 7.80. The monoisotopic (exact) mass is 293 g/mol. The standard InChI is InChI=1S/C16H27N3O2/c17-14-15-4-1-2-5-16(15)21-13-3-6-18-7-9-19(10-8-18)11-12-20/h1-2,4-5,20H,3,6-14,17H2. The van der Waals surface area contributed by atoms with Crippen molar-refractivity contribution < 1.29 is 9.84 Å². The Hall–Kier alpha value is -1.14. The fourth-order valence-corrected chi connectivity index (χ4v) is 2.66. The molecule has 5 heteroatoms. The van der Waals surface area contributed by atoms with Crippen LogP contribution in [0.15, 0.2) is 24.3 Å². The molecular formula is C16H27N3O2. The van der Waals surface area contributed by atoms with Crippen molar-refractivity contribution in [1.82, 2.24) is 9.80 Å². The molecule has 1 aromatic rings. The maximum Gasteiger partial charge on any atom is 0.123 e. The minimum absolute atomic E-state index is 0.258. The van der Waals surface area contributed by atoms with Gasteiger partial charge in [-0.15, -0.1) is 0 Å². The van der Waals surface area contributed by atoms with Crippen LogP contribution in [-0.4, -0.2) is 67.4 Å². The second-order valence-electron chi connectivity index (χ2n) is 5.42. The number of piperazine rings is 1. The third-order valence-electron chi connectivity index (χ3n) is 3.95. The normalized spacial score (nSPS) is 17.0. The van der Waals surface area contributed by atoms with E-state index in [0.29, 0.717) is 6.54 Å². The summed E-state index contributed by atoms with van der Waals surface area (Å²) < 4.78 is 5.83. The van der Waals surface area contributed by atoms with E-state index >= 15 is 0 Å². The molecule has 0 saturated carbocycles. The quantitative estimate of drug-likeness (QED) is 0.685. The van der Waals surface area contributed by atoms with Gasteiger partial charge in [0.25, 0.3) is 0 Å². The third-order valence-corrected chi connectivity index (χ3v) is 3.95. The molecule has 0 radical (unpaired) electrons. The third kappa shape index (κ3) is 5.28. The largest absolute Gasteiger partial charge is 0.493 e. The number of hydrogen-bond donors (Lipinski definition) is 2. The lowest BCUT2D eigenvalue weighted by Crippen LogP contribution is -2.47. The maximum absolute atomic E-state index is 8.93. The maximum atomic E-state index is 8.93. The molecule has 0 aromatic heterocycles. The molecule has 118 valence electrons. The van der Waals surface area contributed by atoms with Crippen LogP contribution < -0.4 is 10.5 Å². The Kier molecular flexibility index (Phi) is 6.95.